The van der Waals surface area contributed by atoms with E-state index in [9.17, 15) is 15.3 Å². The molecule has 1 aromatic carbocycles. The summed E-state index contributed by atoms with van der Waals surface area (Å²) in [6.07, 6.45) is -2.76. The molecular formula is C12H17NO3. The first kappa shape index (κ1) is 11.5. The molecule has 0 unspecified atom stereocenters. The molecule has 1 saturated heterocycles. The number of piperidine rings is 1. The number of benzene rings is 1. The predicted octanol–water partition coefficient (Wildman–Crippen LogP) is -0.415. The van der Waals surface area contributed by atoms with E-state index in [0.717, 1.165) is 5.56 Å². The normalized spacial score (nSPS) is 28.2. The van der Waals surface area contributed by atoms with Crippen molar-refractivity contribution < 1.29 is 15.3 Å². The Hall–Kier alpha value is -0.940. The summed E-state index contributed by atoms with van der Waals surface area (Å²) in [6.45, 7) is 1.47. The third kappa shape index (κ3) is 2.59. The summed E-state index contributed by atoms with van der Waals surface area (Å²) in [5, 5.41) is 28.5. The van der Waals surface area contributed by atoms with Crippen molar-refractivity contribution in [1.29, 1.82) is 0 Å². The van der Waals surface area contributed by atoms with Gasteiger partial charge in [-0.25, -0.2) is 0 Å². The van der Waals surface area contributed by atoms with E-state index in [-0.39, 0.29) is 0 Å². The number of β-amino-alcohol motifs (C(OH)–C–C–N with tert-alkyl or cyclic N) is 2. The largest absolute Gasteiger partial charge is 0.389 e. The van der Waals surface area contributed by atoms with E-state index in [1.54, 1.807) is 0 Å². The molecular weight excluding hydrogens is 206 g/mol. The Kier molecular flexibility index (Phi) is 3.56. The molecule has 0 aliphatic carbocycles. The molecule has 0 radical (unpaired) electrons. The van der Waals surface area contributed by atoms with Gasteiger partial charge in [0.15, 0.2) is 0 Å². The highest BCUT2D eigenvalue weighted by atomic mass is 16.4. The predicted molar refractivity (Wildman–Crippen MR) is 59.7 cm³/mol. The van der Waals surface area contributed by atoms with Gasteiger partial charge in [0.25, 0.3) is 0 Å². The lowest BCUT2D eigenvalue weighted by Gasteiger charge is -2.36. The van der Waals surface area contributed by atoms with Gasteiger partial charge in [-0.15, -0.1) is 0 Å². The quantitative estimate of drug-likeness (QED) is 0.637. The lowest BCUT2D eigenvalue weighted by molar-refractivity contribution is -0.111. The van der Waals surface area contributed by atoms with Gasteiger partial charge in [-0.2, -0.15) is 0 Å². The minimum atomic E-state index is -1.02. The van der Waals surface area contributed by atoms with Gasteiger partial charge in [-0.3, -0.25) is 4.90 Å². The van der Waals surface area contributed by atoms with Crippen molar-refractivity contribution in [2.75, 3.05) is 13.1 Å². The fourth-order valence-corrected chi connectivity index (χ4v) is 2.05. The molecule has 1 fully saturated rings. The van der Waals surface area contributed by atoms with Crippen molar-refractivity contribution in [1.82, 2.24) is 4.90 Å². The van der Waals surface area contributed by atoms with Crippen LogP contribution in [0.15, 0.2) is 30.3 Å². The second-order valence-corrected chi connectivity index (χ2v) is 4.30. The molecule has 4 heteroatoms. The molecule has 4 nitrogen and oxygen atoms in total. The molecule has 1 heterocycles. The number of hydrogen-bond acceptors (Lipinski definition) is 4. The third-order valence-electron chi connectivity index (χ3n) is 2.93. The van der Waals surface area contributed by atoms with Gasteiger partial charge < -0.3 is 15.3 Å². The van der Waals surface area contributed by atoms with Crippen LogP contribution in [0.25, 0.3) is 0 Å². The van der Waals surface area contributed by atoms with Crippen LogP contribution in [0.5, 0.6) is 0 Å². The van der Waals surface area contributed by atoms with Crippen LogP contribution in [-0.2, 0) is 6.54 Å². The molecule has 0 saturated carbocycles. The molecule has 2 atom stereocenters. The summed E-state index contributed by atoms with van der Waals surface area (Å²) in [6, 6.07) is 9.88. The number of aliphatic hydroxyl groups excluding tert-OH is 3. The van der Waals surface area contributed by atoms with E-state index in [1.165, 1.54) is 0 Å². The summed E-state index contributed by atoms with van der Waals surface area (Å²) in [5.41, 5.74) is 1.14. The average molecular weight is 223 g/mol. The highest BCUT2D eigenvalue weighted by Gasteiger charge is 2.33. The van der Waals surface area contributed by atoms with Gasteiger partial charge in [0.1, 0.15) is 6.10 Å². The van der Waals surface area contributed by atoms with Gasteiger partial charge in [0, 0.05) is 19.6 Å². The fraction of sp³-hybridized carbons (Fsp3) is 0.500. The highest BCUT2D eigenvalue weighted by Crippen LogP contribution is 2.14. The number of nitrogens with zero attached hydrogens (tertiary/aromatic N) is 1. The Morgan fingerprint density at radius 1 is 1.00 bits per heavy atom. The highest BCUT2D eigenvalue weighted by molar-refractivity contribution is 5.14. The topological polar surface area (TPSA) is 63.9 Å². The lowest BCUT2D eigenvalue weighted by Crippen LogP contribution is -2.54. The van der Waals surface area contributed by atoms with Crippen molar-refractivity contribution in [3.05, 3.63) is 35.9 Å². The maximum absolute atomic E-state index is 9.54. The van der Waals surface area contributed by atoms with E-state index < -0.39 is 18.3 Å². The van der Waals surface area contributed by atoms with E-state index >= 15 is 0 Å². The van der Waals surface area contributed by atoms with Crippen LogP contribution in [-0.4, -0.2) is 51.6 Å². The standard InChI is InChI=1S/C12H17NO3/c14-10-7-13(8-11(15)12(10)16)6-9-4-2-1-3-5-9/h1-5,10-12,14-16H,6-8H2/t10-,11-/m0/s1. The number of likely N-dealkylation sites (tertiary alicyclic amines) is 1. The first-order chi connectivity index (χ1) is 7.66. The first-order valence-corrected chi connectivity index (χ1v) is 5.47. The fourth-order valence-electron chi connectivity index (χ4n) is 2.05. The van der Waals surface area contributed by atoms with Crippen LogP contribution in [0.1, 0.15) is 5.56 Å². The Labute approximate surface area is 94.8 Å². The van der Waals surface area contributed by atoms with Crippen molar-refractivity contribution >= 4 is 0 Å². The molecule has 1 aliphatic rings. The van der Waals surface area contributed by atoms with E-state index in [1.807, 2.05) is 35.2 Å². The molecule has 1 aliphatic heterocycles. The van der Waals surface area contributed by atoms with Crippen LogP contribution < -0.4 is 0 Å². The number of aliphatic hydroxyl groups is 3. The molecule has 3 N–H and O–H groups in total. The van der Waals surface area contributed by atoms with Crippen LogP contribution in [0.3, 0.4) is 0 Å². The molecule has 0 spiro atoms. The zero-order valence-corrected chi connectivity index (χ0v) is 9.03. The number of rotatable bonds is 2. The average Bonchev–Trinajstić information content (AvgIpc) is 2.27. The van der Waals surface area contributed by atoms with Crippen molar-refractivity contribution in [2.45, 2.75) is 24.9 Å². The molecule has 88 valence electrons. The van der Waals surface area contributed by atoms with Crippen LogP contribution in [0.4, 0.5) is 0 Å². The summed E-state index contributed by atoms with van der Waals surface area (Å²) < 4.78 is 0. The summed E-state index contributed by atoms with van der Waals surface area (Å²) in [7, 11) is 0. The molecule has 1 aromatic rings. The molecule has 16 heavy (non-hydrogen) atoms. The Morgan fingerprint density at radius 3 is 2.12 bits per heavy atom. The Balaban J connectivity index is 1.97. The lowest BCUT2D eigenvalue weighted by atomic mass is 10.0. The van der Waals surface area contributed by atoms with Crippen LogP contribution in [0, 0.1) is 0 Å². The smallest absolute Gasteiger partial charge is 0.108 e. The molecule has 0 bridgehead atoms. The van der Waals surface area contributed by atoms with E-state index in [4.69, 9.17) is 0 Å². The second kappa shape index (κ2) is 4.93. The minimum Gasteiger partial charge on any atom is -0.389 e. The Morgan fingerprint density at radius 2 is 1.56 bits per heavy atom. The zero-order valence-electron chi connectivity index (χ0n) is 9.03. The molecule has 0 aromatic heterocycles. The van der Waals surface area contributed by atoms with Gasteiger partial charge in [0.2, 0.25) is 0 Å². The zero-order chi connectivity index (χ0) is 11.5. The van der Waals surface area contributed by atoms with Gasteiger partial charge in [-0.1, -0.05) is 30.3 Å². The molecule has 2 rings (SSSR count). The van der Waals surface area contributed by atoms with Gasteiger partial charge >= 0.3 is 0 Å². The monoisotopic (exact) mass is 223 g/mol. The van der Waals surface area contributed by atoms with E-state index in [0.29, 0.717) is 19.6 Å². The third-order valence-corrected chi connectivity index (χ3v) is 2.93. The van der Waals surface area contributed by atoms with Crippen molar-refractivity contribution in [3.8, 4) is 0 Å². The summed E-state index contributed by atoms with van der Waals surface area (Å²) in [4.78, 5) is 1.94. The van der Waals surface area contributed by atoms with Crippen LogP contribution in [0.2, 0.25) is 0 Å². The maximum Gasteiger partial charge on any atom is 0.108 e. The minimum absolute atomic E-state index is 0.396. The van der Waals surface area contributed by atoms with Gasteiger partial charge in [-0.05, 0) is 5.56 Å². The summed E-state index contributed by atoms with van der Waals surface area (Å²) >= 11 is 0. The molecule has 0 amide bonds. The van der Waals surface area contributed by atoms with Crippen molar-refractivity contribution in [3.63, 3.8) is 0 Å². The Bertz CT molecular complexity index is 318. The first-order valence-electron chi connectivity index (χ1n) is 5.47. The van der Waals surface area contributed by atoms with Gasteiger partial charge in [0.05, 0.1) is 12.2 Å². The SMILES string of the molecule is OC1[C@@H](O)CN(Cc2ccccc2)C[C@@H]1O. The second-order valence-electron chi connectivity index (χ2n) is 4.30. The van der Waals surface area contributed by atoms with Crippen molar-refractivity contribution in [2.24, 2.45) is 0 Å². The summed E-state index contributed by atoms with van der Waals surface area (Å²) in [5.74, 6) is 0. The van der Waals surface area contributed by atoms with E-state index in [2.05, 4.69) is 0 Å². The van der Waals surface area contributed by atoms with Crippen LogP contribution >= 0.6 is 0 Å². The maximum atomic E-state index is 9.54. The number of hydrogen-bond donors (Lipinski definition) is 3.